The van der Waals surface area contributed by atoms with Crippen LogP contribution in [-0.2, 0) is 11.2 Å². The highest BCUT2D eigenvalue weighted by Gasteiger charge is 2.19. The Hall–Kier alpha value is -3.87. The van der Waals surface area contributed by atoms with E-state index in [9.17, 15) is 22.8 Å². The molecule has 1 unspecified atom stereocenters. The van der Waals surface area contributed by atoms with Crippen molar-refractivity contribution in [1.29, 1.82) is 0 Å². The number of hydrogen-bond acceptors (Lipinski definition) is 2. The summed E-state index contributed by atoms with van der Waals surface area (Å²) in [5.41, 5.74) is 1.42. The van der Waals surface area contributed by atoms with Crippen molar-refractivity contribution >= 4 is 23.1 Å². The van der Waals surface area contributed by atoms with Gasteiger partial charge in [-0.15, -0.1) is 0 Å². The predicted octanol–water partition coefficient (Wildman–Crippen LogP) is 4.79. The third kappa shape index (κ3) is 4.21. The number of amides is 1. The molecule has 3 aromatic carbocycles. The predicted molar refractivity (Wildman–Crippen MR) is 111 cm³/mol. The van der Waals surface area contributed by atoms with Crippen molar-refractivity contribution < 1.29 is 22.8 Å². The molecule has 1 atom stereocenters. The molecule has 156 valence electrons. The second-order valence-electron chi connectivity index (χ2n) is 7.10. The van der Waals surface area contributed by atoms with E-state index in [0.717, 1.165) is 40.7 Å². The van der Waals surface area contributed by atoms with E-state index in [1.54, 1.807) is 6.20 Å². The number of fused-ring (bicyclic) bond motifs is 1. The van der Waals surface area contributed by atoms with Gasteiger partial charge in [0.1, 0.15) is 23.7 Å². The zero-order valence-electron chi connectivity index (χ0n) is 16.2. The van der Waals surface area contributed by atoms with Gasteiger partial charge in [0.25, 0.3) is 5.91 Å². The van der Waals surface area contributed by atoms with E-state index in [1.807, 2.05) is 24.3 Å². The lowest BCUT2D eigenvalue weighted by atomic mass is 10.0. The normalized spacial score (nSPS) is 12.0. The Morgan fingerprint density at radius 1 is 1.00 bits per heavy atom. The fourth-order valence-corrected chi connectivity index (χ4v) is 3.50. The number of para-hydroxylation sites is 1. The summed E-state index contributed by atoms with van der Waals surface area (Å²) in [4.78, 5) is 27.2. The molecule has 0 saturated heterocycles. The maximum absolute atomic E-state index is 14.6. The molecule has 4 aromatic rings. The smallest absolute Gasteiger partial charge is 0.254 e. The van der Waals surface area contributed by atoms with Crippen LogP contribution in [-0.4, -0.2) is 23.2 Å². The number of aldehydes is 1. The molecule has 31 heavy (non-hydrogen) atoms. The van der Waals surface area contributed by atoms with Crippen molar-refractivity contribution in [1.82, 2.24) is 10.3 Å². The van der Waals surface area contributed by atoms with Gasteiger partial charge in [-0.2, -0.15) is 0 Å². The molecule has 0 aliphatic carbocycles. The van der Waals surface area contributed by atoms with Gasteiger partial charge in [-0.05, 0) is 47.5 Å². The molecule has 0 spiro atoms. The summed E-state index contributed by atoms with van der Waals surface area (Å²) in [6, 6.07) is 13.0. The molecule has 0 bridgehead atoms. The number of hydrogen-bond donors (Lipinski definition) is 2. The van der Waals surface area contributed by atoms with Gasteiger partial charge in [-0.25, -0.2) is 13.2 Å². The number of aromatic amines is 1. The lowest BCUT2D eigenvalue weighted by Crippen LogP contribution is -2.38. The number of carbonyl (C=O) groups excluding carboxylic acids is 2. The van der Waals surface area contributed by atoms with Crippen molar-refractivity contribution in [3.8, 4) is 11.1 Å². The molecule has 1 heterocycles. The van der Waals surface area contributed by atoms with Crippen LogP contribution in [0.15, 0.2) is 66.9 Å². The largest absolute Gasteiger partial charge is 0.361 e. The molecule has 0 fully saturated rings. The minimum Gasteiger partial charge on any atom is -0.361 e. The second kappa shape index (κ2) is 8.47. The molecule has 4 nitrogen and oxygen atoms in total. The van der Waals surface area contributed by atoms with E-state index in [1.165, 1.54) is 12.1 Å². The molecule has 0 aliphatic heterocycles. The Kier molecular flexibility index (Phi) is 5.58. The van der Waals surface area contributed by atoms with Crippen LogP contribution in [0, 0.1) is 17.5 Å². The van der Waals surface area contributed by atoms with Gasteiger partial charge in [0, 0.05) is 29.1 Å². The molecule has 4 rings (SSSR count). The number of rotatable bonds is 6. The highest BCUT2D eigenvalue weighted by molar-refractivity contribution is 5.96. The lowest BCUT2D eigenvalue weighted by molar-refractivity contribution is -0.109. The Balaban J connectivity index is 1.53. The standard InChI is InChI=1S/C24H17F3N2O2/c25-16-6-8-21(26)20(11-16)14-5-7-19(22(27)10-14)24(31)29-17(13-30)9-15-12-28-23-4-2-1-3-18(15)23/h1-8,10-13,17,28H,9H2,(H,29,31). The van der Waals surface area contributed by atoms with Crippen molar-refractivity contribution in [3.05, 3.63) is 95.4 Å². The molecule has 1 amide bonds. The zero-order valence-corrected chi connectivity index (χ0v) is 16.2. The lowest BCUT2D eigenvalue weighted by Gasteiger charge is -2.13. The quantitative estimate of drug-likeness (QED) is 0.439. The van der Waals surface area contributed by atoms with Gasteiger partial charge in [0.05, 0.1) is 11.6 Å². The Morgan fingerprint density at radius 3 is 2.58 bits per heavy atom. The SMILES string of the molecule is O=CC(Cc1c[nH]c2ccccc12)NC(=O)c1ccc(-c2cc(F)ccc2F)cc1F. The summed E-state index contributed by atoms with van der Waals surface area (Å²) in [7, 11) is 0. The van der Waals surface area contributed by atoms with Crippen LogP contribution in [0.5, 0.6) is 0 Å². The van der Waals surface area contributed by atoms with Gasteiger partial charge < -0.3 is 15.1 Å². The van der Waals surface area contributed by atoms with E-state index >= 15 is 0 Å². The third-order valence-corrected chi connectivity index (χ3v) is 5.05. The fourth-order valence-electron chi connectivity index (χ4n) is 3.50. The minimum absolute atomic E-state index is 0.0942. The minimum atomic E-state index is -0.907. The molecule has 1 aromatic heterocycles. The van der Waals surface area contributed by atoms with Crippen LogP contribution >= 0.6 is 0 Å². The molecule has 2 N–H and O–H groups in total. The van der Waals surface area contributed by atoms with Crippen LogP contribution in [0.1, 0.15) is 15.9 Å². The summed E-state index contributed by atoms with van der Waals surface area (Å²) in [6.07, 6.45) is 2.58. The number of halogens is 3. The summed E-state index contributed by atoms with van der Waals surface area (Å²) in [5, 5.41) is 3.44. The second-order valence-corrected chi connectivity index (χ2v) is 7.10. The van der Waals surface area contributed by atoms with Crippen LogP contribution in [0.25, 0.3) is 22.0 Å². The summed E-state index contributed by atoms with van der Waals surface area (Å²) >= 11 is 0. The summed E-state index contributed by atoms with van der Waals surface area (Å²) < 4.78 is 42.0. The van der Waals surface area contributed by atoms with E-state index in [4.69, 9.17) is 0 Å². The molecule has 7 heteroatoms. The highest BCUT2D eigenvalue weighted by atomic mass is 19.1. The first kappa shape index (κ1) is 20.4. The van der Waals surface area contributed by atoms with Crippen molar-refractivity contribution in [2.24, 2.45) is 0 Å². The van der Waals surface area contributed by atoms with E-state index in [0.29, 0.717) is 6.29 Å². The number of H-pyrrole nitrogens is 1. The maximum Gasteiger partial charge on any atom is 0.254 e. The van der Waals surface area contributed by atoms with Crippen molar-refractivity contribution in [3.63, 3.8) is 0 Å². The molecular formula is C24H17F3N2O2. The Bertz CT molecular complexity index is 1280. The maximum atomic E-state index is 14.6. The molecular weight excluding hydrogens is 405 g/mol. The van der Waals surface area contributed by atoms with Gasteiger partial charge in [-0.1, -0.05) is 24.3 Å². The van der Waals surface area contributed by atoms with Gasteiger partial charge in [-0.3, -0.25) is 4.79 Å². The fraction of sp³-hybridized carbons (Fsp3) is 0.0833. The molecule has 0 radical (unpaired) electrons. The van der Waals surface area contributed by atoms with Crippen molar-refractivity contribution in [2.75, 3.05) is 0 Å². The average Bonchev–Trinajstić information content (AvgIpc) is 3.17. The van der Waals surface area contributed by atoms with E-state index in [2.05, 4.69) is 10.3 Å². The highest BCUT2D eigenvalue weighted by Crippen LogP contribution is 2.26. The Labute approximate surface area is 175 Å². The average molecular weight is 422 g/mol. The monoisotopic (exact) mass is 422 g/mol. The zero-order chi connectivity index (χ0) is 22.0. The first-order chi connectivity index (χ1) is 15.0. The summed E-state index contributed by atoms with van der Waals surface area (Å²) in [5.74, 6) is -3.06. The topological polar surface area (TPSA) is 62.0 Å². The Morgan fingerprint density at radius 2 is 1.81 bits per heavy atom. The van der Waals surface area contributed by atoms with Gasteiger partial charge in [0.15, 0.2) is 0 Å². The van der Waals surface area contributed by atoms with Crippen LogP contribution in [0.3, 0.4) is 0 Å². The van der Waals surface area contributed by atoms with E-state index in [-0.39, 0.29) is 23.1 Å². The number of benzene rings is 3. The molecule has 0 saturated carbocycles. The molecule has 0 aliphatic rings. The number of carbonyl (C=O) groups is 2. The number of nitrogens with one attached hydrogen (secondary N) is 2. The number of aromatic nitrogens is 1. The van der Waals surface area contributed by atoms with Gasteiger partial charge in [0.2, 0.25) is 0 Å². The van der Waals surface area contributed by atoms with Gasteiger partial charge >= 0.3 is 0 Å². The van der Waals surface area contributed by atoms with Crippen LogP contribution in [0.2, 0.25) is 0 Å². The summed E-state index contributed by atoms with van der Waals surface area (Å²) in [6.45, 7) is 0. The van der Waals surface area contributed by atoms with Crippen LogP contribution in [0.4, 0.5) is 13.2 Å². The van der Waals surface area contributed by atoms with Crippen molar-refractivity contribution in [2.45, 2.75) is 12.5 Å². The van der Waals surface area contributed by atoms with Crippen LogP contribution < -0.4 is 5.32 Å². The van der Waals surface area contributed by atoms with E-state index < -0.39 is 29.4 Å². The first-order valence-electron chi connectivity index (χ1n) is 9.52. The third-order valence-electron chi connectivity index (χ3n) is 5.05. The first-order valence-corrected chi connectivity index (χ1v) is 9.52.